The lowest BCUT2D eigenvalue weighted by molar-refractivity contribution is 0.0985. The predicted octanol–water partition coefficient (Wildman–Crippen LogP) is 6.55. The molecule has 32 heavy (non-hydrogen) atoms. The summed E-state index contributed by atoms with van der Waals surface area (Å²) in [6.07, 6.45) is 1.92. The van der Waals surface area contributed by atoms with Gasteiger partial charge in [-0.2, -0.15) is 0 Å². The molecule has 0 saturated heterocycles. The molecule has 2 amide bonds. The molecule has 0 heterocycles. The van der Waals surface area contributed by atoms with E-state index in [2.05, 4.69) is 28.2 Å². The minimum absolute atomic E-state index is 0.124. The molecule has 0 fully saturated rings. The zero-order valence-electron chi connectivity index (χ0n) is 18.3. The molecule has 0 atom stereocenters. The van der Waals surface area contributed by atoms with Crippen LogP contribution in [0.2, 0.25) is 0 Å². The van der Waals surface area contributed by atoms with Gasteiger partial charge in [-0.3, -0.25) is 9.59 Å². The molecule has 5 nitrogen and oxygen atoms in total. The van der Waals surface area contributed by atoms with Crippen LogP contribution in [-0.2, 0) is 0 Å². The quantitative estimate of drug-likeness (QED) is 0.343. The van der Waals surface area contributed by atoms with Gasteiger partial charge in [0, 0.05) is 28.0 Å². The molecule has 0 saturated carbocycles. The van der Waals surface area contributed by atoms with Crippen LogP contribution in [0.5, 0.6) is 5.75 Å². The number of hydrogen-bond donors (Lipinski definition) is 1. The van der Waals surface area contributed by atoms with E-state index in [-0.39, 0.29) is 11.8 Å². The molecule has 0 aromatic heterocycles. The highest BCUT2D eigenvalue weighted by Gasteiger charge is 2.18. The Labute approximate surface area is 197 Å². The molecule has 6 heteroatoms. The second kappa shape index (κ2) is 11.5. The van der Waals surface area contributed by atoms with Gasteiger partial charge >= 0.3 is 0 Å². The molecule has 0 aliphatic rings. The molecule has 166 valence electrons. The fourth-order valence-electron chi connectivity index (χ4n) is 3.27. The van der Waals surface area contributed by atoms with Crippen molar-refractivity contribution in [3.05, 3.63) is 88.4 Å². The van der Waals surface area contributed by atoms with Crippen LogP contribution in [0.25, 0.3) is 0 Å². The lowest BCUT2D eigenvalue weighted by Crippen LogP contribution is -2.30. The van der Waals surface area contributed by atoms with Crippen molar-refractivity contribution in [1.29, 1.82) is 0 Å². The molecular formula is C26H27BrN2O3. The van der Waals surface area contributed by atoms with E-state index in [4.69, 9.17) is 4.74 Å². The third-order valence-corrected chi connectivity index (χ3v) is 5.43. The van der Waals surface area contributed by atoms with Gasteiger partial charge in [0.1, 0.15) is 5.75 Å². The molecule has 0 aliphatic heterocycles. The third-order valence-electron chi connectivity index (χ3n) is 4.94. The highest BCUT2D eigenvalue weighted by Crippen LogP contribution is 2.25. The predicted molar refractivity (Wildman–Crippen MR) is 133 cm³/mol. The van der Waals surface area contributed by atoms with Gasteiger partial charge < -0.3 is 15.0 Å². The number of ether oxygens (including phenoxy) is 1. The standard InChI is InChI=1S/C26H27BrN2O3/c1-3-5-16-32-24-15-14-20(27)18-23(24)25(30)28-21-11-9-10-19(17-21)26(31)29(4-2)22-12-7-6-8-13-22/h6-15,17-18H,3-5,16H2,1-2H3,(H,28,30). The van der Waals surface area contributed by atoms with Crippen molar-refractivity contribution in [3.8, 4) is 5.75 Å². The SMILES string of the molecule is CCCCOc1ccc(Br)cc1C(=O)Nc1cccc(C(=O)N(CC)c2ccccc2)c1. The van der Waals surface area contributed by atoms with Crippen molar-refractivity contribution in [2.75, 3.05) is 23.4 Å². The van der Waals surface area contributed by atoms with E-state index < -0.39 is 0 Å². The van der Waals surface area contributed by atoms with Gasteiger partial charge in [-0.25, -0.2) is 0 Å². The molecule has 0 bridgehead atoms. The molecular weight excluding hydrogens is 468 g/mol. The number of hydrogen-bond acceptors (Lipinski definition) is 3. The van der Waals surface area contributed by atoms with Gasteiger partial charge in [0.15, 0.2) is 0 Å². The maximum absolute atomic E-state index is 13.1. The Balaban J connectivity index is 1.80. The number of carbonyl (C=O) groups is 2. The van der Waals surface area contributed by atoms with E-state index in [1.807, 2.05) is 43.3 Å². The number of rotatable bonds is 9. The number of para-hydroxylation sites is 1. The van der Waals surface area contributed by atoms with E-state index in [0.717, 1.165) is 23.0 Å². The maximum Gasteiger partial charge on any atom is 0.259 e. The van der Waals surface area contributed by atoms with Crippen LogP contribution >= 0.6 is 15.9 Å². The van der Waals surface area contributed by atoms with Crippen LogP contribution in [0.3, 0.4) is 0 Å². The first-order chi connectivity index (χ1) is 15.5. The second-order valence-corrected chi connectivity index (χ2v) is 8.18. The lowest BCUT2D eigenvalue weighted by Gasteiger charge is -2.21. The highest BCUT2D eigenvalue weighted by molar-refractivity contribution is 9.10. The smallest absolute Gasteiger partial charge is 0.259 e. The average molecular weight is 495 g/mol. The molecule has 3 rings (SSSR count). The van der Waals surface area contributed by atoms with E-state index in [9.17, 15) is 9.59 Å². The number of carbonyl (C=O) groups excluding carboxylic acids is 2. The second-order valence-electron chi connectivity index (χ2n) is 7.26. The number of unbranched alkanes of at least 4 members (excludes halogenated alkanes) is 1. The summed E-state index contributed by atoms with van der Waals surface area (Å²) in [6.45, 7) is 5.11. The maximum atomic E-state index is 13.1. The zero-order chi connectivity index (χ0) is 22.9. The molecule has 0 radical (unpaired) electrons. The Bertz CT molecular complexity index is 1070. The van der Waals surface area contributed by atoms with Crippen molar-refractivity contribution in [1.82, 2.24) is 0 Å². The van der Waals surface area contributed by atoms with Crippen molar-refractivity contribution >= 4 is 39.1 Å². The van der Waals surface area contributed by atoms with Gasteiger partial charge in [-0.1, -0.05) is 53.5 Å². The normalized spacial score (nSPS) is 10.5. The lowest BCUT2D eigenvalue weighted by atomic mass is 10.1. The number of halogens is 1. The Morgan fingerprint density at radius 3 is 2.47 bits per heavy atom. The summed E-state index contributed by atoms with van der Waals surface area (Å²) in [4.78, 5) is 27.8. The first-order valence-electron chi connectivity index (χ1n) is 10.7. The average Bonchev–Trinajstić information content (AvgIpc) is 2.81. The van der Waals surface area contributed by atoms with Crippen molar-refractivity contribution < 1.29 is 14.3 Å². The van der Waals surface area contributed by atoms with Crippen LogP contribution in [0.1, 0.15) is 47.4 Å². The summed E-state index contributed by atoms with van der Waals surface area (Å²) in [6, 6.07) is 21.9. The monoisotopic (exact) mass is 494 g/mol. The van der Waals surface area contributed by atoms with Crippen LogP contribution in [0.15, 0.2) is 77.3 Å². The fourth-order valence-corrected chi connectivity index (χ4v) is 3.63. The third kappa shape index (κ3) is 5.98. The van der Waals surface area contributed by atoms with E-state index >= 15 is 0 Å². The van der Waals surface area contributed by atoms with Crippen LogP contribution in [0.4, 0.5) is 11.4 Å². The first kappa shape index (κ1) is 23.5. The number of benzene rings is 3. The largest absolute Gasteiger partial charge is 0.493 e. The number of amides is 2. The number of nitrogens with one attached hydrogen (secondary N) is 1. The van der Waals surface area contributed by atoms with E-state index in [0.29, 0.717) is 35.7 Å². The summed E-state index contributed by atoms with van der Waals surface area (Å²) in [5, 5.41) is 2.90. The van der Waals surface area contributed by atoms with Crippen molar-refractivity contribution in [2.45, 2.75) is 26.7 Å². The minimum atomic E-state index is -0.294. The highest BCUT2D eigenvalue weighted by atomic mass is 79.9. The Morgan fingerprint density at radius 2 is 1.75 bits per heavy atom. The molecule has 1 N–H and O–H groups in total. The van der Waals surface area contributed by atoms with Crippen molar-refractivity contribution in [2.24, 2.45) is 0 Å². The molecule has 0 unspecified atom stereocenters. The van der Waals surface area contributed by atoms with Gasteiger partial charge in [-0.15, -0.1) is 0 Å². The van der Waals surface area contributed by atoms with Crippen LogP contribution in [0, 0.1) is 0 Å². The van der Waals surface area contributed by atoms with Gasteiger partial charge in [-0.05, 0) is 61.9 Å². The minimum Gasteiger partial charge on any atom is -0.493 e. The molecule has 0 spiro atoms. The fraction of sp³-hybridized carbons (Fsp3) is 0.231. The van der Waals surface area contributed by atoms with Crippen LogP contribution in [-0.4, -0.2) is 25.0 Å². The number of anilines is 2. The zero-order valence-corrected chi connectivity index (χ0v) is 19.9. The summed E-state index contributed by atoms with van der Waals surface area (Å²) in [5.74, 6) is 0.117. The van der Waals surface area contributed by atoms with E-state index in [1.54, 1.807) is 41.3 Å². The number of nitrogens with zero attached hydrogens (tertiary/aromatic N) is 1. The Morgan fingerprint density at radius 1 is 0.969 bits per heavy atom. The summed E-state index contributed by atoms with van der Waals surface area (Å²) < 4.78 is 6.59. The van der Waals surface area contributed by atoms with Gasteiger partial charge in [0.2, 0.25) is 0 Å². The Kier molecular flexibility index (Phi) is 8.45. The topological polar surface area (TPSA) is 58.6 Å². The summed E-state index contributed by atoms with van der Waals surface area (Å²) >= 11 is 3.42. The molecule has 3 aromatic carbocycles. The van der Waals surface area contributed by atoms with Gasteiger partial charge in [0.05, 0.1) is 12.2 Å². The Hall–Kier alpha value is -3.12. The van der Waals surface area contributed by atoms with E-state index in [1.165, 1.54) is 0 Å². The van der Waals surface area contributed by atoms with Crippen molar-refractivity contribution in [3.63, 3.8) is 0 Å². The van der Waals surface area contributed by atoms with Crippen LogP contribution < -0.4 is 15.0 Å². The molecule has 0 aliphatic carbocycles. The summed E-state index contributed by atoms with van der Waals surface area (Å²) in [5.41, 5.74) is 2.32. The summed E-state index contributed by atoms with van der Waals surface area (Å²) in [7, 11) is 0. The molecule has 3 aromatic rings. The first-order valence-corrected chi connectivity index (χ1v) is 11.5. The van der Waals surface area contributed by atoms with Gasteiger partial charge in [0.25, 0.3) is 11.8 Å².